The number of benzene rings is 1. The third-order valence-electron chi connectivity index (χ3n) is 3.74. The Morgan fingerprint density at radius 2 is 1.76 bits per heavy atom. The quantitative estimate of drug-likeness (QED) is 0.777. The molecule has 0 aliphatic heterocycles. The van der Waals surface area contributed by atoms with Gasteiger partial charge in [0.05, 0.1) is 0 Å². The molecule has 1 saturated carbocycles. The smallest absolute Gasteiger partial charge is 0.129 e. The van der Waals surface area contributed by atoms with Crippen LogP contribution in [0.4, 0.5) is 8.78 Å². The third kappa shape index (κ3) is 2.83. The van der Waals surface area contributed by atoms with E-state index >= 15 is 0 Å². The van der Waals surface area contributed by atoms with Crippen LogP contribution in [0.2, 0.25) is 0 Å². The van der Waals surface area contributed by atoms with Crippen LogP contribution in [0.25, 0.3) is 0 Å². The fourth-order valence-corrected chi connectivity index (χ4v) is 2.79. The van der Waals surface area contributed by atoms with Crippen molar-refractivity contribution in [2.24, 2.45) is 0 Å². The van der Waals surface area contributed by atoms with E-state index in [4.69, 9.17) is 0 Å². The number of hydrogen-bond donors (Lipinski definition) is 1. The van der Waals surface area contributed by atoms with Crippen LogP contribution in [-0.2, 0) is 0 Å². The van der Waals surface area contributed by atoms with Crippen LogP contribution in [0.1, 0.15) is 43.6 Å². The molecule has 1 fully saturated rings. The largest absolute Gasteiger partial charge is 0.317 e. The van der Waals surface area contributed by atoms with Crippen molar-refractivity contribution in [3.63, 3.8) is 0 Å². The number of nitrogens with one attached hydrogen (secondary N) is 1. The lowest BCUT2D eigenvalue weighted by molar-refractivity contribution is 0.444. The van der Waals surface area contributed by atoms with Gasteiger partial charge < -0.3 is 5.32 Å². The zero-order valence-corrected chi connectivity index (χ0v) is 10.2. The average molecular weight is 239 g/mol. The second-order valence-electron chi connectivity index (χ2n) is 4.84. The summed E-state index contributed by atoms with van der Waals surface area (Å²) in [6, 6.07) is 4.52. The highest BCUT2D eigenvalue weighted by atomic mass is 19.1. The number of hydrogen-bond acceptors (Lipinski definition) is 1. The number of rotatable bonds is 2. The Morgan fingerprint density at radius 1 is 1.12 bits per heavy atom. The zero-order valence-electron chi connectivity index (χ0n) is 10.2. The molecule has 1 aromatic carbocycles. The molecular formula is C14H19F2N. The van der Waals surface area contributed by atoms with Gasteiger partial charge in [0.15, 0.2) is 0 Å². The predicted molar refractivity (Wildman–Crippen MR) is 65.0 cm³/mol. The molecule has 0 heterocycles. The average Bonchev–Trinajstić information content (AvgIpc) is 2.54. The molecule has 17 heavy (non-hydrogen) atoms. The van der Waals surface area contributed by atoms with Crippen molar-refractivity contribution in [3.8, 4) is 0 Å². The van der Waals surface area contributed by atoms with Crippen LogP contribution in [-0.4, -0.2) is 13.1 Å². The van der Waals surface area contributed by atoms with Crippen molar-refractivity contribution in [2.75, 3.05) is 7.05 Å². The molecular weight excluding hydrogens is 220 g/mol. The van der Waals surface area contributed by atoms with Crippen LogP contribution >= 0.6 is 0 Å². The summed E-state index contributed by atoms with van der Waals surface area (Å²) in [5.74, 6) is -0.783. The van der Waals surface area contributed by atoms with Gasteiger partial charge in [-0.1, -0.05) is 18.9 Å². The summed E-state index contributed by atoms with van der Waals surface area (Å²) in [7, 11) is 1.92. The summed E-state index contributed by atoms with van der Waals surface area (Å²) < 4.78 is 27.5. The molecule has 1 N–H and O–H groups in total. The normalized spacial score (nSPS) is 25.6. The topological polar surface area (TPSA) is 12.0 Å². The minimum absolute atomic E-state index is 0.0103. The van der Waals surface area contributed by atoms with Gasteiger partial charge in [-0.25, -0.2) is 8.78 Å². The third-order valence-corrected chi connectivity index (χ3v) is 3.74. The highest BCUT2D eigenvalue weighted by Crippen LogP contribution is 2.34. The minimum atomic E-state index is -0.397. The van der Waals surface area contributed by atoms with Crippen molar-refractivity contribution in [2.45, 2.75) is 44.1 Å². The summed E-state index contributed by atoms with van der Waals surface area (Å²) in [6.07, 6.45) is 5.00. The lowest BCUT2D eigenvalue weighted by Crippen LogP contribution is -2.26. The highest BCUT2D eigenvalue weighted by Gasteiger charge is 2.25. The van der Waals surface area contributed by atoms with Gasteiger partial charge in [0.25, 0.3) is 0 Å². The fraction of sp³-hybridized carbons (Fsp3) is 0.571. The van der Waals surface area contributed by atoms with Crippen molar-refractivity contribution in [1.29, 1.82) is 0 Å². The van der Waals surface area contributed by atoms with E-state index in [-0.39, 0.29) is 11.5 Å². The molecule has 0 saturated heterocycles. The summed E-state index contributed by atoms with van der Waals surface area (Å²) in [6.45, 7) is 0. The van der Waals surface area contributed by atoms with E-state index in [0.29, 0.717) is 6.04 Å². The second-order valence-corrected chi connectivity index (χ2v) is 4.84. The maximum absolute atomic E-state index is 13.7. The molecule has 0 spiro atoms. The molecule has 3 heteroatoms. The van der Waals surface area contributed by atoms with E-state index in [0.717, 1.165) is 32.1 Å². The first kappa shape index (κ1) is 12.5. The highest BCUT2D eigenvalue weighted by molar-refractivity contribution is 5.24. The van der Waals surface area contributed by atoms with Gasteiger partial charge in [0, 0.05) is 11.6 Å². The van der Waals surface area contributed by atoms with Crippen LogP contribution < -0.4 is 5.32 Å². The van der Waals surface area contributed by atoms with Gasteiger partial charge in [-0.2, -0.15) is 0 Å². The number of halogens is 2. The molecule has 0 radical (unpaired) electrons. The fourth-order valence-electron chi connectivity index (χ4n) is 2.79. The van der Waals surface area contributed by atoms with Crippen molar-refractivity contribution >= 4 is 0 Å². The molecule has 2 rings (SSSR count). The maximum Gasteiger partial charge on any atom is 0.129 e. The van der Waals surface area contributed by atoms with Gasteiger partial charge in [-0.3, -0.25) is 0 Å². The molecule has 1 nitrogen and oxygen atoms in total. The zero-order chi connectivity index (χ0) is 12.3. The van der Waals surface area contributed by atoms with Crippen LogP contribution in [0.5, 0.6) is 0 Å². The van der Waals surface area contributed by atoms with E-state index in [1.807, 2.05) is 7.05 Å². The van der Waals surface area contributed by atoms with E-state index in [2.05, 4.69) is 5.32 Å². The van der Waals surface area contributed by atoms with E-state index in [9.17, 15) is 8.78 Å². The Morgan fingerprint density at radius 3 is 2.41 bits per heavy atom. The van der Waals surface area contributed by atoms with Crippen molar-refractivity contribution in [3.05, 3.63) is 35.4 Å². The molecule has 0 aromatic heterocycles. The molecule has 94 valence electrons. The van der Waals surface area contributed by atoms with Crippen LogP contribution in [0, 0.1) is 11.6 Å². The van der Waals surface area contributed by atoms with Crippen LogP contribution in [0.15, 0.2) is 18.2 Å². The van der Waals surface area contributed by atoms with Gasteiger partial charge in [0.2, 0.25) is 0 Å². The van der Waals surface area contributed by atoms with E-state index < -0.39 is 11.6 Å². The SMILES string of the molecule is CNC1CCCCC(c2c(F)cccc2F)C1. The first-order valence-corrected chi connectivity index (χ1v) is 6.33. The van der Waals surface area contributed by atoms with Gasteiger partial charge in [0.1, 0.15) is 11.6 Å². The second kappa shape index (κ2) is 5.58. The minimum Gasteiger partial charge on any atom is -0.317 e. The predicted octanol–water partition coefficient (Wildman–Crippen LogP) is 3.60. The summed E-state index contributed by atoms with van der Waals surface area (Å²) in [4.78, 5) is 0. The molecule has 1 aliphatic carbocycles. The Balaban J connectivity index is 2.25. The Bertz CT molecular complexity index is 358. The molecule has 2 unspecified atom stereocenters. The summed E-state index contributed by atoms with van der Waals surface area (Å²) >= 11 is 0. The van der Waals surface area contributed by atoms with Crippen molar-refractivity contribution < 1.29 is 8.78 Å². The van der Waals surface area contributed by atoms with Crippen molar-refractivity contribution in [1.82, 2.24) is 5.32 Å². The molecule has 0 bridgehead atoms. The lowest BCUT2D eigenvalue weighted by atomic mass is 9.89. The van der Waals surface area contributed by atoms with E-state index in [1.54, 1.807) is 0 Å². The van der Waals surface area contributed by atoms with Gasteiger partial charge in [-0.15, -0.1) is 0 Å². The summed E-state index contributed by atoms with van der Waals surface area (Å²) in [5.41, 5.74) is 0.287. The Labute approximate surface area is 101 Å². The molecule has 2 atom stereocenters. The molecule has 0 amide bonds. The van der Waals surface area contributed by atoms with Gasteiger partial charge >= 0.3 is 0 Å². The Hall–Kier alpha value is -0.960. The standard InChI is InChI=1S/C14H19F2N/c1-17-11-6-3-2-5-10(9-11)14-12(15)7-4-8-13(14)16/h4,7-8,10-11,17H,2-3,5-6,9H2,1H3. The Kier molecular flexibility index (Phi) is 4.11. The first-order chi connectivity index (χ1) is 8.22. The maximum atomic E-state index is 13.7. The lowest BCUT2D eigenvalue weighted by Gasteiger charge is -2.20. The first-order valence-electron chi connectivity index (χ1n) is 6.33. The van der Waals surface area contributed by atoms with Gasteiger partial charge in [-0.05, 0) is 44.4 Å². The van der Waals surface area contributed by atoms with Crippen LogP contribution in [0.3, 0.4) is 0 Å². The monoisotopic (exact) mass is 239 g/mol. The van der Waals surface area contributed by atoms with E-state index in [1.165, 1.54) is 18.2 Å². The molecule has 1 aliphatic rings. The molecule has 1 aromatic rings. The summed E-state index contributed by atoms with van der Waals surface area (Å²) in [5, 5.41) is 3.24.